The molecule has 0 aliphatic rings. The van der Waals surface area contributed by atoms with Crippen molar-refractivity contribution in [2.24, 2.45) is 0 Å². The van der Waals surface area contributed by atoms with E-state index in [1.807, 2.05) is 6.07 Å². The van der Waals surface area contributed by atoms with Crippen molar-refractivity contribution in [2.75, 3.05) is 11.6 Å². The van der Waals surface area contributed by atoms with Gasteiger partial charge < -0.3 is 0 Å². The second kappa shape index (κ2) is 6.13. The van der Waals surface area contributed by atoms with Gasteiger partial charge in [0.05, 0.1) is 10.6 Å². The summed E-state index contributed by atoms with van der Waals surface area (Å²) in [6, 6.07) is 8.57. The van der Waals surface area contributed by atoms with Crippen LogP contribution in [0.5, 0.6) is 0 Å². The Morgan fingerprint density at radius 2 is 1.67 bits per heavy atom. The molecule has 0 aromatic heterocycles. The van der Waals surface area contributed by atoms with Gasteiger partial charge in [0, 0.05) is 5.88 Å². The van der Waals surface area contributed by atoms with Gasteiger partial charge in [0.25, 0.3) is 0 Å². The van der Waals surface area contributed by atoms with Crippen LogP contribution in [0.2, 0.25) is 0 Å². The van der Waals surface area contributed by atoms with Crippen molar-refractivity contribution in [2.45, 2.75) is 24.2 Å². The van der Waals surface area contributed by atoms with Gasteiger partial charge in [0.15, 0.2) is 9.84 Å². The number of hydrogen-bond donors (Lipinski definition) is 0. The molecule has 0 radical (unpaired) electrons. The molecule has 0 amide bonds. The molecule has 0 unspecified atom stereocenters. The highest BCUT2D eigenvalue weighted by molar-refractivity contribution is 7.91. The van der Waals surface area contributed by atoms with Crippen LogP contribution in [0.25, 0.3) is 0 Å². The first-order valence-corrected chi connectivity index (χ1v) is 7.19. The average Bonchev–Trinajstić information content (AvgIpc) is 2.26. The largest absolute Gasteiger partial charge is 0.224 e. The van der Waals surface area contributed by atoms with Crippen LogP contribution in [0, 0.1) is 0 Å². The number of benzene rings is 1. The highest BCUT2D eigenvalue weighted by Gasteiger charge is 2.12. The molecule has 84 valence electrons. The number of halogens is 1. The second-order valence-corrected chi connectivity index (χ2v) is 5.87. The predicted octanol–water partition coefficient (Wildman–Crippen LogP) is 2.87. The quantitative estimate of drug-likeness (QED) is 0.571. The van der Waals surface area contributed by atoms with Crippen molar-refractivity contribution in [3.63, 3.8) is 0 Å². The SMILES string of the molecule is O=S(=O)(CCCCCCl)c1ccccc1. The van der Waals surface area contributed by atoms with Crippen LogP contribution < -0.4 is 0 Å². The third-order valence-electron chi connectivity index (χ3n) is 2.15. The molecule has 0 saturated carbocycles. The van der Waals surface area contributed by atoms with Crippen molar-refractivity contribution < 1.29 is 8.42 Å². The summed E-state index contributed by atoms with van der Waals surface area (Å²) in [5.41, 5.74) is 0. The summed E-state index contributed by atoms with van der Waals surface area (Å²) in [5, 5.41) is 0. The maximum absolute atomic E-state index is 11.8. The molecule has 0 saturated heterocycles. The Bertz CT molecular complexity index is 373. The fourth-order valence-electron chi connectivity index (χ4n) is 1.31. The van der Waals surface area contributed by atoms with Gasteiger partial charge in [-0.1, -0.05) is 24.6 Å². The van der Waals surface area contributed by atoms with E-state index in [0.29, 0.717) is 17.2 Å². The first-order valence-electron chi connectivity index (χ1n) is 5.00. The van der Waals surface area contributed by atoms with E-state index < -0.39 is 9.84 Å². The van der Waals surface area contributed by atoms with Crippen molar-refractivity contribution in [1.82, 2.24) is 0 Å². The molecule has 0 aliphatic heterocycles. The van der Waals surface area contributed by atoms with Gasteiger partial charge in [-0.15, -0.1) is 11.6 Å². The standard InChI is InChI=1S/C11H15ClO2S/c12-9-5-2-6-10-15(13,14)11-7-3-1-4-8-11/h1,3-4,7-8H,2,5-6,9-10H2. The fourth-order valence-corrected chi connectivity index (χ4v) is 2.89. The second-order valence-electron chi connectivity index (χ2n) is 3.38. The molecule has 2 nitrogen and oxygen atoms in total. The maximum Gasteiger partial charge on any atom is 0.178 e. The maximum atomic E-state index is 11.8. The minimum Gasteiger partial charge on any atom is -0.224 e. The van der Waals surface area contributed by atoms with Crippen LogP contribution in [-0.2, 0) is 9.84 Å². The van der Waals surface area contributed by atoms with Gasteiger partial charge >= 0.3 is 0 Å². The van der Waals surface area contributed by atoms with E-state index in [0.717, 1.165) is 12.8 Å². The number of rotatable bonds is 6. The Morgan fingerprint density at radius 1 is 1.00 bits per heavy atom. The van der Waals surface area contributed by atoms with E-state index in [9.17, 15) is 8.42 Å². The highest BCUT2D eigenvalue weighted by atomic mass is 35.5. The molecule has 0 bridgehead atoms. The topological polar surface area (TPSA) is 34.1 Å². The Labute approximate surface area is 96.2 Å². The molecule has 1 aromatic rings. The third kappa shape index (κ3) is 4.22. The zero-order valence-corrected chi connectivity index (χ0v) is 10.1. The number of unbranched alkanes of at least 4 members (excludes halogenated alkanes) is 2. The molecule has 1 rings (SSSR count). The van der Waals surface area contributed by atoms with E-state index in [2.05, 4.69) is 0 Å². The smallest absolute Gasteiger partial charge is 0.178 e. The third-order valence-corrected chi connectivity index (χ3v) is 4.23. The fraction of sp³-hybridized carbons (Fsp3) is 0.455. The molecule has 4 heteroatoms. The molecule has 1 aromatic carbocycles. The van der Waals surface area contributed by atoms with Gasteiger partial charge in [-0.05, 0) is 25.0 Å². The first kappa shape index (κ1) is 12.5. The van der Waals surface area contributed by atoms with Crippen molar-refractivity contribution in [1.29, 1.82) is 0 Å². The van der Waals surface area contributed by atoms with Crippen LogP contribution in [-0.4, -0.2) is 20.1 Å². The zero-order chi connectivity index (χ0) is 11.1. The minimum atomic E-state index is -3.08. The van der Waals surface area contributed by atoms with E-state index in [1.165, 1.54) is 0 Å². The zero-order valence-electron chi connectivity index (χ0n) is 8.52. The summed E-state index contributed by atoms with van der Waals surface area (Å²) in [5.74, 6) is 0.819. The van der Waals surface area contributed by atoms with Crippen LogP contribution >= 0.6 is 11.6 Å². The molecular formula is C11H15ClO2S. The molecule has 0 heterocycles. The van der Waals surface area contributed by atoms with Crippen molar-refractivity contribution in [3.8, 4) is 0 Å². The predicted molar refractivity (Wildman–Crippen MR) is 63.1 cm³/mol. The Kier molecular flexibility index (Phi) is 5.12. The van der Waals surface area contributed by atoms with E-state index in [4.69, 9.17) is 11.6 Å². The first-order chi connectivity index (χ1) is 7.17. The lowest BCUT2D eigenvalue weighted by Crippen LogP contribution is -2.06. The number of hydrogen-bond acceptors (Lipinski definition) is 2. The summed E-state index contributed by atoms with van der Waals surface area (Å²) in [4.78, 5) is 0.413. The van der Waals surface area contributed by atoms with Crippen LogP contribution in [0.4, 0.5) is 0 Å². The Hall–Kier alpha value is -0.540. The van der Waals surface area contributed by atoms with Gasteiger partial charge in [-0.2, -0.15) is 0 Å². The van der Waals surface area contributed by atoms with Gasteiger partial charge in [0.1, 0.15) is 0 Å². The monoisotopic (exact) mass is 246 g/mol. The Balaban J connectivity index is 2.53. The van der Waals surface area contributed by atoms with Crippen LogP contribution in [0.1, 0.15) is 19.3 Å². The highest BCUT2D eigenvalue weighted by Crippen LogP contribution is 2.12. The number of sulfone groups is 1. The van der Waals surface area contributed by atoms with Crippen LogP contribution in [0.15, 0.2) is 35.2 Å². The molecule has 0 aliphatic carbocycles. The lowest BCUT2D eigenvalue weighted by atomic mass is 10.3. The summed E-state index contributed by atoms with van der Waals surface area (Å²) in [7, 11) is -3.08. The van der Waals surface area contributed by atoms with Gasteiger partial charge in [0.2, 0.25) is 0 Å². The van der Waals surface area contributed by atoms with E-state index in [-0.39, 0.29) is 5.75 Å². The Morgan fingerprint density at radius 3 is 2.27 bits per heavy atom. The molecule has 0 spiro atoms. The van der Waals surface area contributed by atoms with E-state index in [1.54, 1.807) is 24.3 Å². The lowest BCUT2D eigenvalue weighted by molar-refractivity contribution is 0.591. The molecule has 0 fully saturated rings. The summed E-state index contributed by atoms with van der Waals surface area (Å²) < 4.78 is 23.5. The summed E-state index contributed by atoms with van der Waals surface area (Å²) in [6.45, 7) is 0. The minimum absolute atomic E-state index is 0.216. The lowest BCUT2D eigenvalue weighted by Gasteiger charge is -2.03. The van der Waals surface area contributed by atoms with Crippen molar-refractivity contribution >= 4 is 21.4 Å². The molecule has 0 N–H and O–H groups in total. The molecular weight excluding hydrogens is 232 g/mol. The summed E-state index contributed by atoms with van der Waals surface area (Å²) in [6.07, 6.45) is 2.44. The van der Waals surface area contributed by atoms with Gasteiger partial charge in [-0.25, -0.2) is 8.42 Å². The molecule has 0 atom stereocenters. The normalized spacial score (nSPS) is 11.5. The average molecular weight is 247 g/mol. The number of alkyl halides is 1. The molecule has 15 heavy (non-hydrogen) atoms. The van der Waals surface area contributed by atoms with Crippen LogP contribution in [0.3, 0.4) is 0 Å². The van der Waals surface area contributed by atoms with Crippen molar-refractivity contribution in [3.05, 3.63) is 30.3 Å². The van der Waals surface area contributed by atoms with Gasteiger partial charge in [-0.3, -0.25) is 0 Å². The van der Waals surface area contributed by atoms with E-state index >= 15 is 0 Å². The summed E-state index contributed by atoms with van der Waals surface area (Å²) >= 11 is 5.52.